The number of aromatic nitrogens is 1. The lowest BCUT2D eigenvalue weighted by Gasteiger charge is -2.10. The first kappa shape index (κ1) is 12.3. The molecule has 0 spiro atoms. The highest BCUT2D eigenvalue weighted by atomic mass is 16.6. The summed E-state index contributed by atoms with van der Waals surface area (Å²) in [7, 11) is 0. The van der Waals surface area contributed by atoms with E-state index in [-0.39, 0.29) is 11.7 Å². The van der Waals surface area contributed by atoms with Crippen LogP contribution >= 0.6 is 0 Å². The van der Waals surface area contributed by atoms with Crippen LogP contribution in [0.5, 0.6) is 0 Å². The number of nitro groups is 1. The number of nitrogens with zero attached hydrogens (tertiary/aromatic N) is 2. The van der Waals surface area contributed by atoms with Gasteiger partial charge < -0.3 is 11.1 Å². The second-order valence-electron chi connectivity index (χ2n) is 4.15. The van der Waals surface area contributed by atoms with Crippen molar-refractivity contribution in [3.8, 4) is 0 Å². The van der Waals surface area contributed by atoms with Crippen LogP contribution in [0.15, 0.2) is 30.5 Å². The maximum Gasteiger partial charge on any atom is 0.301 e. The Morgan fingerprint density at radius 3 is 2.94 bits per heavy atom. The summed E-state index contributed by atoms with van der Waals surface area (Å²) in [6, 6.07) is 6.72. The molecule has 0 aliphatic rings. The third-order valence-corrected chi connectivity index (χ3v) is 2.55. The quantitative estimate of drug-likeness (QED) is 0.634. The number of nitrogens with two attached hydrogens (primary N) is 1. The Bertz CT molecular complexity index is 583. The molecule has 0 aliphatic carbocycles. The van der Waals surface area contributed by atoms with Gasteiger partial charge >= 0.3 is 5.69 Å². The summed E-state index contributed by atoms with van der Waals surface area (Å²) in [6.45, 7) is 2.31. The van der Waals surface area contributed by atoms with Crippen LogP contribution in [0.2, 0.25) is 0 Å². The maximum absolute atomic E-state index is 11.2. The Labute approximate surface area is 104 Å². The van der Waals surface area contributed by atoms with Gasteiger partial charge in [-0.15, -0.1) is 0 Å². The van der Waals surface area contributed by atoms with Crippen molar-refractivity contribution < 1.29 is 4.92 Å². The second-order valence-corrected chi connectivity index (χ2v) is 4.15. The van der Waals surface area contributed by atoms with E-state index >= 15 is 0 Å². The molecule has 1 heterocycles. The number of nitro benzene ring substituents is 1. The smallest absolute Gasteiger partial charge is 0.301 e. The Kier molecular flexibility index (Phi) is 3.38. The Morgan fingerprint density at radius 1 is 1.50 bits per heavy atom. The van der Waals surface area contributed by atoms with Crippen molar-refractivity contribution in [3.05, 3.63) is 40.6 Å². The van der Waals surface area contributed by atoms with E-state index in [2.05, 4.69) is 10.3 Å². The molecule has 6 nitrogen and oxygen atoms in total. The number of fused-ring (bicyclic) bond motifs is 1. The number of hydrogen-bond donors (Lipinski definition) is 2. The molecular formula is C12H14N4O2. The first-order valence-electron chi connectivity index (χ1n) is 5.61. The minimum Gasteiger partial charge on any atom is -0.378 e. The zero-order chi connectivity index (χ0) is 13.1. The van der Waals surface area contributed by atoms with E-state index in [9.17, 15) is 10.1 Å². The largest absolute Gasteiger partial charge is 0.378 e. The molecule has 0 fully saturated rings. The van der Waals surface area contributed by atoms with Crippen LogP contribution in [0.25, 0.3) is 10.9 Å². The monoisotopic (exact) mass is 246 g/mol. The number of anilines is 1. The molecule has 0 amide bonds. The summed E-state index contributed by atoms with van der Waals surface area (Å²) >= 11 is 0. The van der Waals surface area contributed by atoms with E-state index in [0.29, 0.717) is 23.1 Å². The number of hydrogen-bond acceptors (Lipinski definition) is 5. The molecule has 0 bridgehead atoms. The maximum atomic E-state index is 11.2. The molecule has 0 saturated heterocycles. The summed E-state index contributed by atoms with van der Waals surface area (Å²) in [5.74, 6) is 0. The predicted octanol–water partition coefficient (Wildman–Crippen LogP) is 1.90. The summed E-state index contributed by atoms with van der Waals surface area (Å²) in [5.41, 5.74) is 6.75. The van der Waals surface area contributed by atoms with Crippen molar-refractivity contribution in [1.82, 2.24) is 4.98 Å². The van der Waals surface area contributed by atoms with Crippen molar-refractivity contribution in [1.29, 1.82) is 0 Å². The Balaban J connectivity index is 2.52. The molecule has 0 saturated carbocycles. The third-order valence-electron chi connectivity index (χ3n) is 2.55. The van der Waals surface area contributed by atoms with E-state index in [0.717, 1.165) is 0 Å². The normalized spacial score (nSPS) is 12.3. The Morgan fingerprint density at radius 2 is 2.28 bits per heavy atom. The zero-order valence-corrected chi connectivity index (χ0v) is 9.96. The lowest BCUT2D eigenvalue weighted by atomic mass is 10.1. The zero-order valence-electron chi connectivity index (χ0n) is 9.96. The van der Waals surface area contributed by atoms with E-state index < -0.39 is 4.92 Å². The van der Waals surface area contributed by atoms with Gasteiger partial charge in [0.15, 0.2) is 0 Å². The molecule has 1 aromatic carbocycles. The van der Waals surface area contributed by atoms with E-state index in [4.69, 9.17) is 5.73 Å². The molecule has 94 valence electrons. The predicted molar refractivity (Wildman–Crippen MR) is 70.5 cm³/mol. The molecule has 0 radical (unpaired) electrons. The first-order valence-corrected chi connectivity index (χ1v) is 5.61. The topological polar surface area (TPSA) is 94.1 Å². The number of nitrogens with one attached hydrogen (secondary N) is 1. The van der Waals surface area contributed by atoms with Crippen LogP contribution in [0.4, 0.5) is 11.4 Å². The minimum absolute atomic E-state index is 0.0428. The SMILES string of the molecule is CC(N)CNc1ccc2ncccc2c1[N+](=O)[O-]. The first-order chi connectivity index (χ1) is 8.59. The highest BCUT2D eigenvalue weighted by Gasteiger charge is 2.18. The summed E-state index contributed by atoms with van der Waals surface area (Å²) in [6.07, 6.45) is 1.61. The lowest BCUT2D eigenvalue weighted by Crippen LogP contribution is -2.25. The molecule has 1 aromatic heterocycles. The summed E-state index contributed by atoms with van der Waals surface area (Å²) < 4.78 is 0. The highest BCUT2D eigenvalue weighted by molar-refractivity contribution is 5.94. The third kappa shape index (κ3) is 2.38. The summed E-state index contributed by atoms with van der Waals surface area (Å²) in [4.78, 5) is 14.9. The molecule has 18 heavy (non-hydrogen) atoms. The average Bonchev–Trinajstić information content (AvgIpc) is 2.35. The van der Waals surface area contributed by atoms with Gasteiger partial charge in [-0.1, -0.05) is 0 Å². The molecule has 1 atom stereocenters. The van der Waals surface area contributed by atoms with Gasteiger partial charge in [0, 0.05) is 18.8 Å². The van der Waals surface area contributed by atoms with Crippen molar-refractivity contribution in [2.75, 3.05) is 11.9 Å². The molecule has 2 aromatic rings. The number of benzene rings is 1. The standard InChI is InChI=1S/C12H14N4O2/c1-8(13)7-15-11-5-4-10-9(3-2-6-14-10)12(11)16(17)18/h2-6,8,15H,7,13H2,1H3. The van der Waals surface area contributed by atoms with E-state index in [1.807, 2.05) is 6.92 Å². The fraction of sp³-hybridized carbons (Fsp3) is 0.250. The average molecular weight is 246 g/mol. The van der Waals surface area contributed by atoms with Gasteiger partial charge in [0.2, 0.25) is 0 Å². The summed E-state index contributed by atoms with van der Waals surface area (Å²) in [5, 5.41) is 14.7. The van der Waals surface area contributed by atoms with Gasteiger partial charge in [0.05, 0.1) is 15.8 Å². The molecule has 1 unspecified atom stereocenters. The van der Waals surface area contributed by atoms with Crippen LogP contribution in [0, 0.1) is 10.1 Å². The molecular weight excluding hydrogens is 232 g/mol. The van der Waals surface area contributed by atoms with Gasteiger partial charge in [-0.2, -0.15) is 0 Å². The fourth-order valence-corrected chi connectivity index (χ4v) is 1.75. The van der Waals surface area contributed by atoms with Gasteiger partial charge in [-0.05, 0) is 31.2 Å². The molecule has 3 N–H and O–H groups in total. The van der Waals surface area contributed by atoms with Crippen molar-refractivity contribution in [2.45, 2.75) is 13.0 Å². The van der Waals surface area contributed by atoms with Gasteiger partial charge in [-0.3, -0.25) is 15.1 Å². The van der Waals surface area contributed by atoms with E-state index in [1.165, 1.54) is 0 Å². The molecule has 2 rings (SSSR count). The highest BCUT2D eigenvalue weighted by Crippen LogP contribution is 2.32. The lowest BCUT2D eigenvalue weighted by molar-refractivity contribution is -0.382. The Hall–Kier alpha value is -2.21. The second kappa shape index (κ2) is 4.97. The van der Waals surface area contributed by atoms with Crippen LogP contribution < -0.4 is 11.1 Å². The van der Waals surface area contributed by atoms with E-state index in [1.54, 1.807) is 30.5 Å². The fourth-order valence-electron chi connectivity index (χ4n) is 1.75. The van der Waals surface area contributed by atoms with Gasteiger partial charge in [0.25, 0.3) is 0 Å². The van der Waals surface area contributed by atoms with Crippen LogP contribution in [0.3, 0.4) is 0 Å². The van der Waals surface area contributed by atoms with Gasteiger partial charge in [0.1, 0.15) is 5.69 Å². The van der Waals surface area contributed by atoms with Crippen molar-refractivity contribution >= 4 is 22.3 Å². The van der Waals surface area contributed by atoms with Crippen LogP contribution in [-0.2, 0) is 0 Å². The van der Waals surface area contributed by atoms with Crippen molar-refractivity contribution in [2.24, 2.45) is 5.73 Å². The van der Waals surface area contributed by atoms with Crippen molar-refractivity contribution in [3.63, 3.8) is 0 Å². The van der Waals surface area contributed by atoms with Gasteiger partial charge in [-0.25, -0.2) is 0 Å². The molecule has 6 heteroatoms. The van der Waals surface area contributed by atoms with Crippen LogP contribution in [0.1, 0.15) is 6.92 Å². The number of pyridine rings is 1. The minimum atomic E-state index is -0.395. The number of rotatable bonds is 4. The van der Waals surface area contributed by atoms with Crippen LogP contribution in [-0.4, -0.2) is 22.5 Å². The molecule has 0 aliphatic heterocycles.